The van der Waals surface area contributed by atoms with Crippen LogP contribution < -0.4 is 0 Å². The Morgan fingerprint density at radius 2 is 1.94 bits per heavy atom. The molecular weight excluding hydrogens is 250 g/mol. The van der Waals surface area contributed by atoms with Gasteiger partial charge >= 0.3 is 0 Å². The molecule has 1 aromatic rings. The van der Waals surface area contributed by atoms with Crippen LogP contribution in [0.5, 0.6) is 0 Å². The molecule has 2 fully saturated rings. The van der Waals surface area contributed by atoms with Gasteiger partial charge in [-0.05, 0) is 31.4 Å². The molecular formula is C13H17NO3S. The maximum absolute atomic E-state index is 12.6. The maximum Gasteiger partial charge on any atom is 0.243 e. The largest absolute Gasteiger partial charge is 0.375 e. The van der Waals surface area contributed by atoms with Crippen LogP contribution in [0.1, 0.15) is 19.3 Å². The summed E-state index contributed by atoms with van der Waals surface area (Å²) in [7, 11) is -3.36. The van der Waals surface area contributed by atoms with Gasteiger partial charge in [0.15, 0.2) is 0 Å². The summed E-state index contributed by atoms with van der Waals surface area (Å²) < 4.78 is 32.5. The van der Waals surface area contributed by atoms with Crippen molar-refractivity contribution in [3.63, 3.8) is 0 Å². The Balaban J connectivity index is 1.94. The first-order valence-corrected chi connectivity index (χ1v) is 7.82. The third kappa shape index (κ3) is 1.96. The van der Waals surface area contributed by atoms with Crippen molar-refractivity contribution >= 4 is 10.0 Å². The lowest BCUT2D eigenvalue weighted by Crippen LogP contribution is -2.51. The number of sulfonamides is 1. The fourth-order valence-corrected chi connectivity index (χ4v) is 4.60. The highest BCUT2D eigenvalue weighted by molar-refractivity contribution is 7.89. The van der Waals surface area contributed by atoms with Crippen LogP contribution in [-0.2, 0) is 14.8 Å². The molecule has 5 heteroatoms. The first-order valence-electron chi connectivity index (χ1n) is 6.38. The lowest BCUT2D eigenvalue weighted by Gasteiger charge is -2.36. The van der Waals surface area contributed by atoms with Crippen molar-refractivity contribution in [3.05, 3.63) is 30.3 Å². The predicted molar refractivity (Wildman–Crippen MR) is 67.7 cm³/mol. The molecule has 1 saturated heterocycles. The van der Waals surface area contributed by atoms with Crippen LogP contribution >= 0.6 is 0 Å². The molecule has 1 heterocycles. The molecule has 18 heavy (non-hydrogen) atoms. The number of fused-ring (bicyclic) bond motifs is 1. The van der Waals surface area contributed by atoms with Gasteiger partial charge < -0.3 is 4.74 Å². The zero-order valence-electron chi connectivity index (χ0n) is 10.2. The number of hydrogen-bond donors (Lipinski definition) is 0. The van der Waals surface area contributed by atoms with Gasteiger partial charge in [-0.15, -0.1) is 0 Å². The summed E-state index contributed by atoms with van der Waals surface area (Å²) in [6.45, 7) is 0.978. The zero-order chi connectivity index (χ0) is 12.6. The molecule has 3 rings (SSSR count). The van der Waals surface area contributed by atoms with Crippen LogP contribution in [0.25, 0.3) is 0 Å². The van der Waals surface area contributed by atoms with Gasteiger partial charge in [-0.1, -0.05) is 18.2 Å². The quantitative estimate of drug-likeness (QED) is 0.818. The highest BCUT2D eigenvalue weighted by atomic mass is 32.2. The average Bonchev–Trinajstić information content (AvgIpc) is 2.87. The normalized spacial score (nSPS) is 29.1. The lowest BCUT2D eigenvalue weighted by atomic mass is 10.2. The van der Waals surface area contributed by atoms with Crippen LogP contribution in [0.2, 0.25) is 0 Å². The summed E-state index contributed by atoms with van der Waals surface area (Å²) >= 11 is 0. The molecule has 0 radical (unpaired) electrons. The van der Waals surface area contributed by atoms with Crippen LogP contribution in [0.4, 0.5) is 0 Å². The van der Waals surface area contributed by atoms with Crippen LogP contribution in [0.3, 0.4) is 0 Å². The van der Waals surface area contributed by atoms with E-state index in [2.05, 4.69) is 0 Å². The number of ether oxygens (including phenoxy) is 1. The van der Waals surface area contributed by atoms with E-state index in [1.54, 1.807) is 28.6 Å². The molecule has 1 aliphatic carbocycles. The predicted octanol–water partition coefficient (Wildman–Crippen LogP) is 1.63. The third-order valence-electron chi connectivity index (χ3n) is 3.78. The minimum Gasteiger partial charge on any atom is -0.375 e. The lowest BCUT2D eigenvalue weighted by molar-refractivity contribution is -0.0241. The summed E-state index contributed by atoms with van der Waals surface area (Å²) in [5.41, 5.74) is 0. The van der Waals surface area contributed by atoms with Gasteiger partial charge in [-0.3, -0.25) is 0 Å². The highest BCUT2D eigenvalue weighted by Crippen LogP contribution is 2.33. The molecule has 2 aliphatic rings. The molecule has 1 saturated carbocycles. The topological polar surface area (TPSA) is 46.6 Å². The van der Waals surface area contributed by atoms with E-state index in [0.29, 0.717) is 18.0 Å². The molecule has 0 N–H and O–H groups in total. The van der Waals surface area contributed by atoms with Gasteiger partial charge in [0.1, 0.15) is 0 Å². The Labute approximate surface area is 108 Å². The molecule has 4 nitrogen and oxygen atoms in total. The monoisotopic (exact) mass is 267 g/mol. The van der Waals surface area contributed by atoms with Crippen molar-refractivity contribution in [1.82, 2.24) is 4.31 Å². The van der Waals surface area contributed by atoms with Crippen LogP contribution in [0, 0.1) is 0 Å². The number of morpholine rings is 1. The SMILES string of the molecule is O=S(=O)(c1ccccc1)N1CCOC2CCCC21. The Kier molecular flexibility index (Phi) is 3.13. The Morgan fingerprint density at radius 3 is 2.72 bits per heavy atom. The molecule has 1 aliphatic heterocycles. The standard InChI is InChI=1S/C13H17NO3S/c15-18(16,11-5-2-1-3-6-11)14-9-10-17-13-8-4-7-12(13)14/h1-3,5-6,12-13H,4,7-10H2. The van der Waals surface area contributed by atoms with Gasteiger partial charge in [-0.25, -0.2) is 8.42 Å². The van der Waals surface area contributed by atoms with Gasteiger partial charge in [0, 0.05) is 6.54 Å². The van der Waals surface area contributed by atoms with Crippen LogP contribution in [0.15, 0.2) is 35.2 Å². The summed E-state index contributed by atoms with van der Waals surface area (Å²) in [6, 6.07) is 8.71. The number of rotatable bonds is 2. The van der Waals surface area contributed by atoms with E-state index in [-0.39, 0.29) is 12.1 Å². The van der Waals surface area contributed by atoms with E-state index in [1.807, 2.05) is 6.07 Å². The fourth-order valence-electron chi connectivity index (χ4n) is 2.92. The zero-order valence-corrected chi connectivity index (χ0v) is 11.0. The van der Waals surface area contributed by atoms with E-state index in [9.17, 15) is 8.42 Å². The van der Waals surface area contributed by atoms with Crippen molar-refractivity contribution in [1.29, 1.82) is 0 Å². The van der Waals surface area contributed by atoms with E-state index >= 15 is 0 Å². The minimum atomic E-state index is -3.36. The van der Waals surface area contributed by atoms with Crippen molar-refractivity contribution in [2.75, 3.05) is 13.2 Å². The van der Waals surface area contributed by atoms with E-state index in [4.69, 9.17) is 4.74 Å². The van der Waals surface area contributed by atoms with Crippen molar-refractivity contribution in [3.8, 4) is 0 Å². The van der Waals surface area contributed by atoms with Crippen molar-refractivity contribution in [2.24, 2.45) is 0 Å². The van der Waals surface area contributed by atoms with Gasteiger partial charge in [0.2, 0.25) is 10.0 Å². The molecule has 0 amide bonds. The van der Waals surface area contributed by atoms with Gasteiger partial charge in [-0.2, -0.15) is 4.31 Å². The maximum atomic E-state index is 12.6. The molecule has 98 valence electrons. The second kappa shape index (κ2) is 4.64. The third-order valence-corrected chi connectivity index (χ3v) is 5.72. The van der Waals surface area contributed by atoms with Gasteiger partial charge in [0.25, 0.3) is 0 Å². The van der Waals surface area contributed by atoms with E-state index in [1.165, 1.54) is 0 Å². The summed E-state index contributed by atoms with van der Waals surface area (Å²) in [5.74, 6) is 0. The Bertz CT molecular complexity index is 514. The molecule has 2 atom stereocenters. The Hall–Kier alpha value is -0.910. The summed E-state index contributed by atoms with van der Waals surface area (Å²) in [5, 5.41) is 0. The first-order chi connectivity index (χ1) is 8.69. The molecule has 0 spiro atoms. The fraction of sp³-hybridized carbons (Fsp3) is 0.538. The van der Waals surface area contributed by atoms with Crippen molar-refractivity contribution < 1.29 is 13.2 Å². The second-order valence-electron chi connectivity index (χ2n) is 4.84. The number of benzene rings is 1. The van der Waals surface area contributed by atoms with Crippen molar-refractivity contribution in [2.45, 2.75) is 36.3 Å². The number of nitrogens with zero attached hydrogens (tertiary/aromatic N) is 1. The number of hydrogen-bond acceptors (Lipinski definition) is 3. The summed E-state index contributed by atoms with van der Waals surface area (Å²) in [6.07, 6.45) is 3.04. The smallest absolute Gasteiger partial charge is 0.243 e. The molecule has 2 unspecified atom stereocenters. The molecule has 0 bridgehead atoms. The van der Waals surface area contributed by atoms with E-state index < -0.39 is 10.0 Å². The average molecular weight is 267 g/mol. The molecule has 1 aromatic carbocycles. The van der Waals surface area contributed by atoms with Crippen LogP contribution in [-0.4, -0.2) is 38.0 Å². The van der Waals surface area contributed by atoms with Gasteiger partial charge in [0.05, 0.1) is 23.6 Å². The second-order valence-corrected chi connectivity index (χ2v) is 6.73. The minimum absolute atomic E-state index is 0.0314. The Morgan fingerprint density at radius 1 is 1.17 bits per heavy atom. The first kappa shape index (κ1) is 12.1. The highest BCUT2D eigenvalue weighted by Gasteiger charge is 2.42. The molecule has 0 aromatic heterocycles. The van der Waals surface area contributed by atoms with E-state index in [0.717, 1.165) is 19.3 Å². The summed E-state index contributed by atoms with van der Waals surface area (Å²) in [4.78, 5) is 0.387.